The van der Waals surface area contributed by atoms with E-state index >= 15 is 0 Å². The van der Waals surface area contributed by atoms with Gasteiger partial charge in [-0.3, -0.25) is 0 Å². The predicted octanol–water partition coefficient (Wildman–Crippen LogP) is 2.39. The van der Waals surface area contributed by atoms with Gasteiger partial charge < -0.3 is 23.9 Å². The number of carbonyl (C=O) groups is 1. The van der Waals surface area contributed by atoms with E-state index in [1.54, 1.807) is 19.7 Å². The van der Waals surface area contributed by atoms with Crippen LogP contribution in [0.4, 0.5) is 4.79 Å². The van der Waals surface area contributed by atoms with Crippen molar-refractivity contribution in [3.63, 3.8) is 0 Å². The van der Waals surface area contributed by atoms with Crippen LogP contribution in [0.2, 0.25) is 0 Å². The van der Waals surface area contributed by atoms with Crippen molar-refractivity contribution in [2.24, 2.45) is 0 Å². The topological polar surface area (TPSA) is 85.4 Å². The highest BCUT2D eigenvalue weighted by molar-refractivity contribution is 5.74. The molecular weight excluding hydrogens is 334 g/mol. The number of likely N-dealkylation sites (tertiary alicyclic amines) is 1. The zero-order valence-electron chi connectivity index (χ0n) is 15.3. The van der Waals surface area contributed by atoms with E-state index in [2.05, 4.69) is 15.5 Å². The van der Waals surface area contributed by atoms with E-state index in [0.29, 0.717) is 26.1 Å². The number of carbonyl (C=O) groups excluding carboxylic acids is 1. The molecule has 1 atom stereocenters. The lowest BCUT2D eigenvalue weighted by molar-refractivity contribution is 0.166. The number of nitrogens with one attached hydrogen (secondary N) is 1. The zero-order valence-corrected chi connectivity index (χ0v) is 15.3. The van der Waals surface area contributed by atoms with Crippen molar-refractivity contribution in [2.75, 3.05) is 26.8 Å². The fraction of sp³-hybridized carbons (Fsp3) is 0.611. The molecule has 0 saturated carbocycles. The molecule has 0 radical (unpaired) electrons. The Morgan fingerprint density at radius 1 is 1.42 bits per heavy atom. The average Bonchev–Trinajstić information content (AvgIpc) is 3.27. The van der Waals surface area contributed by atoms with Crippen molar-refractivity contribution in [2.45, 2.75) is 44.7 Å². The Morgan fingerprint density at radius 2 is 2.35 bits per heavy atom. The molecule has 8 heteroatoms. The highest BCUT2D eigenvalue weighted by Gasteiger charge is 2.28. The SMILES string of the molecule is COCCn1cnnc1CCNC(=O)N1CCCCCC1c1ccco1. The highest BCUT2D eigenvalue weighted by Crippen LogP contribution is 2.30. The van der Waals surface area contributed by atoms with Crippen LogP contribution in [0.25, 0.3) is 0 Å². The van der Waals surface area contributed by atoms with Crippen LogP contribution >= 0.6 is 0 Å². The first-order chi connectivity index (χ1) is 12.8. The number of nitrogens with zero attached hydrogens (tertiary/aromatic N) is 4. The summed E-state index contributed by atoms with van der Waals surface area (Å²) in [5.41, 5.74) is 0. The Kier molecular flexibility index (Phi) is 6.65. The second-order valence-corrected chi connectivity index (χ2v) is 6.49. The van der Waals surface area contributed by atoms with Gasteiger partial charge in [0.25, 0.3) is 0 Å². The summed E-state index contributed by atoms with van der Waals surface area (Å²) in [6, 6.07) is 3.80. The quantitative estimate of drug-likeness (QED) is 0.818. The lowest BCUT2D eigenvalue weighted by atomic mass is 10.1. The van der Waals surface area contributed by atoms with Gasteiger partial charge in [-0.05, 0) is 25.0 Å². The van der Waals surface area contributed by atoms with E-state index in [1.165, 1.54) is 0 Å². The molecule has 2 aromatic rings. The maximum atomic E-state index is 12.8. The molecule has 1 aliphatic rings. The van der Waals surface area contributed by atoms with Crippen LogP contribution in [0.15, 0.2) is 29.1 Å². The third kappa shape index (κ3) is 4.63. The molecule has 1 unspecified atom stereocenters. The number of amides is 2. The number of ether oxygens (including phenoxy) is 1. The Balaban J connectivity index is 1.55. The lowest BCUT2D eigenvalue weighted by Crippen LogP contribution is -2.42. The van der Waals surface area contributed by atoms with Gasteiger partial charge in [-0.2, -0.15) is 0 Å². The van der Waals surface area contributed by atoms with Gasteiger partial charge in [-0.1, -0.05) is 12.8 Å². The maximum Gasteiger partial charge on any atom is 0.318 e. The third-order valence-electron chi connectivity index (χ3n) is 4.74. The van der Waals surface area contributed by atoms with Crippen LogP contribution in [-0.2, 0) is 17.7 Å². The second-order valence-electron chi connectivity index (χ2n) is 6.49. The minimum absolute atomic E-state index is 0.0119. The number of urea groups is 1. The van der Waals surface area contributed by atoms with Crippen LogP contribution in [0.3, 0.4) is 0 Å². The van der Waals surface area contributed by atoms with Crippen LogP contribution in [0.1, 0.15) is 43.3 Å². The minimum atomic E-state index is -0.0451. The van der Waals surface area contributed by atoms with Gasteiger partial charge in [0, 0.05) is 33.2 Å². The summed E-state index contributed by atoms with van der Waals surface area (Å²) in [4.78, 5) is 14.7. The van der Waals surface area contributed by atoms with E-state index < -0.39 is 0 Å². The van der Waals surface area contributed by atoms with Gasteiger partial charge in [0.05, 0.1) is 18.9 Å². The summed E-state index contributed by atoms with van der Waals surface area (Å²) in [7, 11) is 1.67. The van der Waals surface area contributed by atoms with E-state index in [0.717, 1.165) is 43.8 Å². The second kappa shape index (κ2) is 9.38. The van der Waals surface area contributed by atoms with Gasteiger partial charge in [-0.15, -0.1) is 10.2 Å². The van der Waals surface area contributed by atoms with E-state index in [4.69, 9.17) is 9.15 Å². The van der Waals surface area contributed by atoms with Crippen LogP contribution in [0, 0.1) is 0 Å². The number of hydrogen-bond donors (Lipinski definition) is 1. The number of aromatic nitrogens is 3. The maximum absolute atomic E-state index is 12.8. The van der Waals surface area contributed by atoms with Crippen molar-refractivity contribution in [1.29, 1.82) is 0 Å². The zero-order chi connectivity index (χ0) is 18.2. The fourth-order valence-corrected chi connectivity index (χ4v) is 3.36. The summed E-state index contributed by atoms with van der Waals surface area (Å²) in [5.74, 6) is 1.71. The Morgan fingerprint density at radius 3 is 3.15 bits per heavy atom. The average molecular weight is 361 g/mol. The van der Waals surface area contributed by atoms with Crippen LogP contribution < -0.4 is 5.32 Å². The molecule has 142 valence electrons. The largest absolute Gasteiger partial charge is 0.467 e. The van der Waals surface area contributed by atoms with Gasteiger partial charge in [-0.25, -0.2) is 4.79 Å². The molecule has 1 N–H and O–H groups in total. The van der Waals surface area contributed by atoms with Gasteiger partial charge in [0.15, 0.2) is 0 Å². The lowest BCUT2D eigenvalue weighted by Gasteiger charge is -2.28. The first kappa shape index (κ1) is 18.4. The summed E-state index contributed by atoms with van der Waals surface area (Å²) in [6.07, 6.45) is 8.21. The van der Waals surface area contributed by atoms with Crippen LogP contribution in [0.5, 0.6) is 0 Å². The standard InChI is InChI=1S/C18H27N5O3/c1-25-13-11-22-14-20-21-17(22)8-9-19-18(24)23-10-4-2-3-6-15(23)16-7-5-12-26-16/h5,7,12,14-15H,2-4,6,8-11,13H2,1H3,(H,19,24). The highest BCUT2D eigenvalue weighted by atomic mass is 16.5. The van der Waals surface area contributed by atoms with Gasteiger partial charge in [0.2, 0.25) is 0 Å². The van der Waals surface area contributed by atoms with Gasteiger partial charge in [0.1, 0.15) is 17.9 Å². The van der Waals surface area contributed by atoms with Crippen LogP contribution in [-0.4, -0.2) is 52.5 Å². The normalized spacial score (nSPS) is 17.9. The van der Waals surface area contributed by atoms with Crippen molar-refractivity contribution in [3.8, 4) is 0 Å². The Hall–Kier alpha value is -2.35. The molecule has 3 heterocycles. The number of rotatable bonds is 7. The molecule has 3 rings (SSSR count). The van der Waals surface area contributed by atoms with E-state index in [9.17, 15) is 4.79 Å². The predicted molar refractivity (Wildman–Crippen MR) is 95.6 cm³/mol. The third-order valence-corrected chi connectivity index (χ3v) is 4.74. The first-order valence-electron chi connectivity index (χ1n) is 9.23. The Bertz CT molecular complexity index is 670. The van der Waals surface area contributed by atoms with Gasteiger partial charge >= 0.3 is 6.03 Å². The number of furan rings is 1. The smallest absolute Gasteiger partial charge is 0.318 e. The molecule has 0 spiro atoms. The summed E-state index contributed by atoms with van der Waals surface area (Å²) < 4.78 is 12.6. The molecule has 8 nitrogen and oxygen atoms in total. The van der Waals surface area contributed by atoms with Crippen molar-refractivity contribution >= 4 is 6.03 Å². The molecule has 0 aromatic carbocycles. The monoisotopic (exact) mass is 361 g/mol. The summed E-state index contributed by atoms with van der Waals surface area (Å²) >= 11 is 0. The Labute approximate surface area is 153 Å². The molecular formula is C18H27N5O3. The molecule has 2 amide bonds. The fourth-order valence-electron chi connectivity index (χ4n) is 3.36. The summed E-state index contributed by atoms with van der Waals surface area (Å²) in [6.45, 7) is 2.59. The number of methoxy groups -OCH3 is 1. The van der Waals surface area contributed by atoms with Crippen molar-refractivity contribution < 1.29 is 13.9 Å². The van der Waals surface area contributed by atoms with E-state index in [-0.39, 0.29) is 12.1 Å². The summed E-state index contributed by atoms with van der Waals surface area (Å²) in [5, 5.41) is 11.1. The molecule has 26 heavy (non-hydrogen) atoms. The van der Waals surface area contributed by atoms with Crippen molar-refractivity contribution in [1.82, 2.24) is 25.0 Å². The molecule has 0 aliphatic carbocycles. The minimum Gasteiger partial charge on any atom is -0.467 e. The molecule has 1 aliphatic heterocycles. The van der Waals surface area contributed by atoms with E-state index in [1.807, 2.05) is 21.6 Å². The molecule has 2 aromatic heterocycles. The molecule has 1 saturated heterocycles. The number of hydrogen-bond acceptors (Lipinski definition) is 5. The first-order valence-corrected chi connectivity index (χ1v) is 9.23. The molecule has 0 bridgehead atoms. The van der Waals surface area contributed by atoms with Crippen molar-refractivity contribution in [3.05, 3.63) is 36.3 Å². The molecule has 1 fully saturated rings.